The number of allylic oxidation sites excluding steroid dienone is 2. The van der Waals surface area contributed by atoms with Gasteiger partial charge in [-0.1, -0.05) is 52.0 Å². The van der Waals surface area contributed by atoms with E-state index in [0.29, 0.717) is 35.1 Å². The lowest BCUT2D eigenvalue weighted by Crippen LogP contribution is -2.33. The molecule has 0 spiro atoms. The van der Waals surface area contributed by atoms with E-state index in [4.69, 9.17) is 9.47 Å². The lowest BCUT2D eigenvalue weighted by Gasteiger charge is -2.18. The van der Waals surface area contributed by atoms with Gasteiger partial charge in [0.1, 0.15) is 11.5 Å². The minimum Gasteiger partial charge on any atom is -0.440 e. The molecule has 2 heterocycles. The number of nitrogens with zero attached hydrogens (tertiary/aromatic N) is 1. The number of nitrogens with one attached hydrogen (secondary N) is 3. The van der Waals surface area contributed by atoms with Gasteiger partial charge in [0.05, 0.1) is 11.1 Å². The number of aromatic amines is 3. The third-order valence-electron chi connectivity index (χ3n) is 6.63. The molecule has 0 aliphatic rings. The average molecular weight is 603 g/mol. The topological polar surface area (TPSA) is 139 Å². The standard InChI is InChI=1S/C19H24N2O3.C15H18N2O3/c1-6-7-8-21-18(16(12(2)3)17(22)20-19(21)23)24-15-10-13(4)9-14(5)11-15;1-8(2)12-13(18)16-15(19)17-14(12)20-11-6-9(3)5-10(4)7-11/h6-7,9-12H,8H2,1-5H3,(H,20,22,23);5-8H,1-4H3,(H2,16,17,18,19)/b7-6+;. The van der Waals surface area contributed by atoms with E-state index in [2.05, 4.69) is 15.0 Å². The largest absolute Gasteiger partial charge is 0.440 e. The number of ether oxygens (including phenoxy) is 2. The summed E-state index contributed by atoms with van der Waals surface area (Å²) < 4.78 is 13.2. The summed E-state index contributed by atoms with van der Waals surface area (Å²) in [5.74, 6) is 1.60. The molecule has 0 unspecified atom stereocenters. The van der Waals surface area contributed by atoms with Crippen LogP contribution < -0.4 is 32.0 Å². The summed E-state index contributed by atoms with van der Waals surface area (Å²) in [5, 5.41) is 0. The second kappa shape index (κ2) is 14.5. The zero-order chi connectivity index (χ0) is 32.7. The first-order chi connectivity index (χ1) is 20.7. The Hall–Kier alpha value is -4.86. The van der Waals surface area contributed by atoms with Crippen molar-refractivity contribution in [2.24, 2.45) is 0 Å². The molecule has 0 saturated heterocycles. The zero-order valence-corrected chi connectivity index (χ0v) is 26.9. The van der Waals surface area contributed by atoms with Gasteiger partial charge in [-0.2, -0.15) is 0 Å². The van der Waals surface area contributed by atoms with Crippen molar-refractivity contribution >= 4 is 0 Å². The highest BCUT2D eigenvalue weighted by molar-refractivity contribution is 5.39. The van der Waals surface area contributed by atoms with E-state index < -0.39 is 22.5 Å². The number of hydrogen-bond acceptors (Lipinski definition) is 6. The summed E-state index contributed by atoms with van der Waals surface area (Å²) in [7, 11) is 0. The van der Waals surface area contributed by atoms with E-state index in [1.165, 1.54) is 4.57 Å². The summed E-state index contributed by atoms with van der Waals surface area (Å²) in [4.78, 5) is 55.0. The normalized spacial score (nSPS) is 11.2. The molecule has 0 atom stereocenters. The summed E-state index contributed by atoms with van der Waals surface area (Å²) in [5.41, 5.74) is 3.28. The van der Waals surface area contributed by atoms with Gasteiger partial charge in [-0.15, -0.1) is 0 Å². The van der Waals surface area contributed by atoms with Gasteiger partial charge in [-0.3, -0.25) is 29.1 Å². The van der Waals surface area contributed by atoms with Crippen LogP contribution in [0.25, 0.3) is 0 Å². The van der Waals surface area contributed by atoms with E-state index in [1.807, 2.05) is 111 Å². The molecule has 0 bridgehead atoms. The predicted octanol–water partition coefficient (Wildman–Crippen LogP) is 6.24. The third kappa shape index (κ3) is 8.59. The molecule has 0 saturated carbocycles. The maximum atomic E-state index is 12.3. The first-order valence-electron chi connectivity index (χ1n) is 14.6. The molecule has 10 nitrogen and oxygen atoms in total. The molecule has 234 valence electrons. The molecular formula is C34H42N4O6. The molecule has 2 aromatic carbocycles. The fraction of sp³-hybridized carbons (Fsp3) is 0.353. The Morgan fingerprint density at radius 2 is 1.16 bits per heavy atom. The van der Waals surface area contributed by atoms with Crippen molar-refractivity contribution in [1.82, 2.24) is 19.5 Å². The van der Waals surface area contributed by atoms with Crippen LogP contribution in [0.15, 0.2) is 67.7 Å². The number of hydrogen-bond donors (Lipinski definition) is 3. The maximum Gasteiger partial charge on any atom is 0.331 e. The van der Waals surface area contributed by atoms with E-state index in [9.17, 15) is 19.2 Å². The highest BCUT2D eigenvalue weighted by Gasteiger charge is 2.20. The zero-order valence-electron chi connectivity index (χ0n) is 26.9. The van der Waals surface area contributed by atoms with Crippen molar-refractivity contribution in [2.45, 2.75) is 80.7 Å². The molecular weight excluding hydrogens is 560 g/mol. The minimum atomic E-state index is -0.571. The molecule has 4 rings (SSSR count). The second-order valence-electron chi connectivity index (χ2n) is 11.5. The number of H-pyrrole nitrogens is 3. The molecule has 0 aliphatic carbocycles. The number of rotatable bonds is 8. The molecule has 4 aromatic rings. The lowest BCUT2D eigenvalue weighted by atomic mass is 10.1. The quantitative estimate of drug-likeness (QED) is 0.204. The van der Waals surface area contributed by atoms with Gasteiger partial charge in [0.2, 0.25) is 11.8 Å². The third-order valence-corrected chi connectivity index (χ3v) is 6.63. The molecule has 0 fully saturated rings. The Bertz CT molecular complexity index is 1850. The lowest BCUT2D eigenvalue weighted by molar-refractivity contribution is 0.411. The molecule has 10 heteroatoms. The van der Waals surface area contributed by atoms with Crippen molar-refractivity contribution < 1.29 is 9.47 Å². The minimum absolute atomic E-state index is 0.0588. The van der Waals surface area contributed by atoms with Crippen molar-refractivity contribution in [3.8, 4) is 23.3 Å². The first kappa shape index (κ1) is 33.6. The van der Waals surface area contributed by atoms with E-state index in [1.54, 1.807) is 0 Å². The smallest absolute Gasteiger partial charge is 0.331 e. The van der Waals surface area contributed by atoms with Crippen molar-refractivity contribution in [1.29, 1.82) is 0 Å². The summed E-state index contributed by atoms with van der Waals surface area (Å²) in [6.45, 7) is 17.7. The van der Waals surface area contributed by atoms with Gasteiger partial charge < -0.3 is 9.47 Å². The predicted molar refractivity (Wildman–Crippen MR) is 174 cm³/mol. The number of aromatic nitrogens is 4. The maximum absolute atomic E-state index is 12.3. The SMILES string of the molecule is C/C=C/Cn1c(Oc2cc(C)cc(C)c2)c(C(C)C)c(=O)[nH]c1=O.Cc1cc(C)cc(Oc2[nH]c(=O)[nH]c(=O)c2C(C)C)c1. The van der Waals surface area contributed by atoms with Gasteiger partial charge in [-0.25, -0.2) is 9.59 Å². The van der Waals surface area contributed by atoms with Gasteiger partial charge >= 0.3 is 11.4 Å². The van der Waals surface area contributed by atoms with Gasteiger partial charge in [0, 0.05) is 6.54 Å². The fourth-order valence-electron chi connectivity index (χ4n) is 4.86. The Labute approximate surface area is 256 Å². The van der Waals surface area contributed by atoms with Crippen molar-refractivity contribution in [3.63, 3.8) is 0 Å². The summed E-state index contributed by atoms with van der Waals surface area (Å²) in [6.07, 6.45) is 3.70. The molecule has 3 N–H and O–H groups in total. The van der Waals surface area contributed by atoms with Gasteiger partial charge in [0.25, 0.3) is 11.1 Å². The average Bonchev–Trinajstić information content (AvgIpc) is 2.86. The highest BCUT2D eigenvalue weighted by atomic mass is 16.5. The van der Waals surface area contributed by atoms with Crippen LogP contribution in [0.3, 0.4) is 0 Å². The van der Waals surface area contributed by atoms with Crippen LogP contribution in [-0.4, -0.2) is 19.5 Å². The molecule has 0 radical (unpaired) electrons. The highest BCUT2D eigenvalue weighted by Crippen LogP contribution is 2.29. The van der Waals surface area contributed by atoms with Crippen LogP contribution in [0.1, 0.15) is 79.8 Å². The van der Waals surface area contributed by atoms with Crippen molar-refractivity contribution in [2.75, 3.05) is 0 Å². The van der Waals surface area contributed by atoms with Crippen LogP contribution in [-0.2, 0) is 6.54 Å². The Morgan fingerprint density at radius 3 is 1.64 bits per heavy atom. The first-order valence-corrected chi connectivity index (χ1v) is 14.6. The summed E-state index contributed by atoms with van der Waals surface area (Å²) in [6, 6.07) is 11.6. The second-order valence-corrected chi connectivity index (χ2v) is 11.5. The monoisotopic (exact) mass is 602 g/mol. The van der Waals surface area contributed by atoms with Crippen LogP contribution in [0.5, 0.6) is 23.3 Å². The fourth-order valence-corrected chi connectivity index (χ4v) is 4.86. The molecule has 44 heavy (non-hydrogen) atoms. The van der Waals surface area contributed by atoms with E-state index in [0.717, 1.165) is 22.3 Å². The molecule has 2 aromatic heterocycles. The number of benzene rings is 2. The van der Waals surface area contributed by atoms with Crippen LogP contribution in [0.4, 0.5) is 0 Å². The molecule has 0 amide bonds. The Morgan fingerprint density at radius 1 is 0.682 bits per heavy atom. The number of aryl methyl sites for hydroxylation is 4. The summed E-state index contributed by atoms with van der Waals surface area (Å²) >= 11 is 0. The van der Waals surface area contributed by atoms with Gasteiger partial charge in [-0.05, 0) is 93.0 Å². The van der Waals surface area contributed by atoms with Crippen LogP contribution in [0.2, 0.25) is 0 Å². The van der Waals surface area contributed by atoms with Crippen molar-refractivity contribution in [3.05, 3.63) is 124 Å². The van der Waals surface area contributed by atoms with Crippen LogP contribution >= 0.6 is 0 Å². The molecule has 0 aliphatic heterocycles. The Kier molecular flexibility index (Phi) is 11.1. The van der Waals surface area contributed by atoms with E-state index in [-0.39, 0.29) is 17.7 Å². The Balaban J connectivity index is 0.000000244. The van der Waals surface area contributed by atoms with Crippen LogP contribution in [0, 0.1) is 27.7 Å². The van der Waals surface area contributed by atoms with Gasteiger partial charge in [0.15, 0.2) is 0 Å². The van der Waals surface area contributed by atoms with E-state index >= 15 is 0 Å².